The van der Waals surface area contributed by atoms with Gasteiger partial charge in [0.15, 0.2) is 0 Å². The summed E-state index contributed by atoms with van der Waals surface area (Å²) in [7, 11) is -1.91. The highest BCUT2D eigenvalue weighted by Crippen LogP contribution is 2.26. The number of alkyl halides is 1. The van der Waals surface area contributed by atoms with Crippen LogP contribution < -0.4 is 9.46 Å². The van der Waals surface area contributed by atoms with E-state index in [9.17, 15) is 8.42 Å². The van der Waals surface area contributed by atoms with Gasteiger partial charge in [0.05, 0.1) is 18.1 Å². The summed E-state index contributed by atoms with van der Waals surface area (Å²) in [5, 5.41) is 0. The number of methoxy groups -OCH3 is 1. The van der Waals surface area contributed by atoms with Gasteiger partial charge in [0, 0.05) is 18.0 Å². The van der Waals surface area contributed by atoms with E-state index in [2.05, 4.69) is 20.7 Å². The zero-order valence-corrected chi connectivity index (χ0v) is 16.4. The maximum atomic E-state index is 12.2. The van der Waals surface area contributed by atoms with E-state index < -0.39 is 10.0 Å². The van der Waals surface area contributed by atoms with Gasteiger partial charge < -0.3 is 9.47 Å². The maximum Gasteiger partial charge on any atom is 0.240 e. The van der Waals surface area contributed by atoms with Crippen LogP contribution in [0.15, 0.2) is 29.2 Å². The monoisotopic (exact) mass is 419 g/mol. The van der Waals surface area contributed by atoms with E-state index in [0.29, 0.717) is 29.8 Å². The minimum atomic E-state index is -3.46. The number of hydrogen-bond donors (Lipinski definition) is 1. The van der Waals surface area contributed by atoms with Gasteiger partial charge in [0.25, 0.3) is 0 Å². The van der Waals surface area contributed by atoms with Crippen LogP contribution in [0.5, 0.6) is 5.75 Å². The van der Waals surface area contributed by atoms with Gasteiger partial charge in [-0.1, -0.05) is 28.8 Å². The Labute approximate surface area is 153 Å². The third-order valence-electron chi connectivity index (χ3n) is 4.19. The molecule has 1 aliphatic carbocycles. The lowest BCUT2D eigenvalue weighted by Crippen LogP contribution is -2.28. The zero-order valence-electron chi connectivity index (χ0n) is 14.0. The van der Waals surface area contributed by atoms with Crippen LogP contribution in [0, 0.1) is 0 Å². The zero-order chi connectivity index (χ0) is 17.4. The van der Waals surface area contributed by atoms with E-state index in [-0.39, 0.29) is 4.90 Å². The van der Waals surface area contributed by atoms with Crippen LogP contribution in [0.3, 0.4) is 0 Å². The number of sulfonamides is 1. The largest absolute Gasteiger partial charge is 0.497 e. The number of hydrogen-bond acceptors (Lipinski definition) is 4. The summed E-state index contributed by atoms with van der Waals surface area (Å²) in [6, 6.07) is 6.37. The smallest absolute Gasteiger partial charge is 0.240 e. The Morgan fingerprint density at radius 2 is 1.88 bits per heavy atom. The fourth-order valence-electron chi connectivity index (χ4n) is 2.75. The highest BCUT2D eigenvalue weighted by molar-refractivity contribution is 9.09. The first-order valence-corrected chi connectivity index (χ1v) is 10.8. The number of halogens is 1. The van der Waals surface area contributed by atoms with Crippen molar-refractivity contribution in [3.63, 3.8) is 0 Å². The third-order valence-corrected chi connectivity index (χ3v) is 6.71. The number of unbranched alkanes of at least 4 members (excludes halogenated alkanes) is 1. The molecule has 136 valence electrons. The van der Waals surface area contributed by atoms with Crippen molar-refractivity contribution < 1.29 is 17.9 Å². The summed E-state index contributed by atoms with van der Waals surface area (Å²) in [5.41, 5.74) is 0. The molecule has 0 saturated heterocycles. The summed E-state index contributed by atoms with van der Waals surface area (Å²) < 4.78 is 37.9. The first-order valence-electron chi connectivity index (χ1n) is 8.42. The lowest BCUT2D eigenvalue weighted by atomic mass is 9.97. The van der Waals surface area contributed by atoms with Crippen molar-refractivity contribution in [2.24, 2.45) is 0 Å². The molecule has 7 heteroatoms. The minimum absolute atomic E-state index is 0.254. The second-order valence-electron chi connectivity index (χ2n) is 5.99. The molecule has 1 saturated carbocycles. The second-order valence-corrected chi connectivity index (χ2v) is 8.93. The summed E-state index contributed by atoms with van der Waals surface area (Å²) in [4.78, 5) is 0.712. The van der Waals surface area contributed by atoms with Crippen LogP contribution in [0.25, 0.3) is 0 Å². The molecule has 2 atom stereocenters. The third kappa shape index (κ3) is 6.02. The molecule has 0 aliphatic heterocycles. The normalized spacial score (nSPS) is 21.6. The van der Waals surface area contributed by atoms with Crippen molar-refractivity contribution in [2.75, 3.05) is 20.3 Å². The molecular weight excluding hydrogens is 394 g/mol. The van der Waals surface area contributed by atoms with Gasteiger partial charge >= 0.3 is 0 Å². The van der Waals surface area contributed by atoms with Gasteiger partial charge in [-0.15, -0.1) is 0 Å². The number of rotatable bonds is 9. The van der Waals surface area contributed by atoms with Crippen molar-refractivity contribution in [2.45, 2.75) is 54.4 Å². The van der Waals surface area contributed by atoms with Gasteiger partial charge in [-0.3, -0.25) is 0 Å². The average molecular weight is 420 g/mol. The molecule has 5 nitrogen and oxygen atoms in total. The van der Waals surface area contributed by atoms with Crippen LogP contribution in [-0.4, -0.2) is 39.6 Å². The first-order chi connectivity index (χ1) is 11.5. The van der Waals surface area contributed by atoms with Crippen LogP contribution in [0.1, 0.15) is 38.5 Å². The molecule has 1 fully saturated rings. The molecule has 0 bridgehead atoms. The molecule has 1 aromatic carbocycles. The van der Waals surface area contributed by atoms with Gasteiger partial charge in [0.1, 0.15) is 5.75 Å². The predicted molar refractivity (Wildman–Crippen MR) is 98.3 cm³/mol. The molecule has 0 spiro atoms. The van der Waals surface area contributed by atoms with Crippen molar-refractivity contribution in [1.82, 2.24) is 4.72 Å². The van der Waals surface area contributed by atoms with Gasteiger partial charge in [-0.2, -0.15) is 0 Å². The Bertz CT molecular complexity index is 591. The fourth-order valence-corrected chi connectivity index (χ4v) is 4.56. The summed E-state index contributed by atoms with van der Waals surface area (Å²) in [6.07, 6.45) is 6.69. The molecule has 2 rings (SSSR count). The standard InChI is InChI=1S/C17H26BrNO4S/c1-22-14-8-10-15(11-9-14)24(20,21)19-12-4-5-13-23-17-7-3-2-6-16(17)18/h8-11,16-17,19H,2-7,12-13H2,1H3/t16-,17-/m0/s1. The quantitative estimate of drug-likeness (QED) is 0.491. The molecule has 0 unspecified atom stereocenters. The Kier molecular flexibility index (Phi) is 8.00. The van der Waals surface area contributed by atoms with Crippen LogP contribution in [-0.2, 0) is 14.8 Å². The molecule has 1 N–H and O–H groups in total. The van der Waals surface area contributed by atoms with Crippen molar-refractivity contribution >= 4 is 26.0 Å². The van der Waals surface area contributed by atoms with Crippen LogP contribution >= 0.6 is 15.9 Å². The van der Waals surface area contributed by atoms with E-state index in [1.165, 1.54) is 19.3 Å². The number of benzene rings is 1. The Balaban J connectivity index is 1.65. The molecular formula is C17H26BrNO4S. The van der Waals surface area contributed by atoms with Crippen molar-refractivity contribution in [3.05, 3.63) is 24.3 Å². The molecule has 0 aromatic heterocycles. The van der Waals surface area contributed by atoms with Crippen LogP contribution in [0.2, 0.25) is 0 Å². The van der Waals surface area contributed by atoms with Gasteiger partial charge in [-0.05, 0) is 49.9 Å². The van der Waals surface area contributed by atoms with Gasteiger partial charge in [0.2, 0.25) is 10.0 Å². The van der Waals surface area contributed by atoms with E-state index in [4.69, 9.17) is 9.47 Å². The predicted octanol–water partition coefficient (Wildman–Crippen LogP) is 3.48. The van der Waals surface area contributed by atoms with E-state index in [0.717, 1.165) is 19.3 Å². The first kappa shape index (κ1) is 19.7. The minimum Gasteiger partial charge on any atom is -0.497 e. The van der Waals surface area contributed by atoms with E-state index in [1.54, 1.807) is 31.4 Å². The number of ether oxygens (including phenoxy) is 2. The molecule has 24 heavy (non-hydrogen) atoms. The summed E-state index contributed by atoms with van der Waals surface area (Å²) in [5.74, 6) is 0.638. The summed E-state index contributed by atoms with van der Waals surface area (Å²) >= 11 is 3.67. The van der Waals surface area contributed by atoms with E-state index >= 15 is 0 Å². The fraction of sp³-hybridized carbons (Fsp3) is 0.647. The maximum absolute atomic E-state index is 12.2. The molecule has 0 radical (unpaired) electrons. The molecule has 1 aromatic rings. The Hall–Kier alpha value is -0.630. The average Bonchev–Trinajstić information content (AvgIpc) is 2.59. The SMILES string of the molecule is COc1ccc(S(=O)(=O)NCCCCO[C@H]2CCCC[C@@H]2Br)cc1. The molecule has 1 aliphatic rings. The molecule has 0 heterocycles. The Morgan fingerprint density at radius 1 is 1.17 bits per heavy atom. The van der Waals surface area contributed by atoms with Crippen molar-refractivity contribution in [3.8, 4) is 5.75 Å². The second kappa shape index (κ2) is 9.75. The number of nitrogens with one attached hydrogen (secondary N) is 1. The highest BCUT2D eigenvalue weighted by atomic mass is 79.9. The van der Waals surface area contributed by atoms with E-state index in [1.807, 2.05) is 0 Å². The van der Waals surface area contributed by atoms with Crippen LogP contribution in [0.4, 0.5) is 0 Å². The summed E-state index contributed by atoms with van der Waals surface area (Å²) in [6.45, 7) is 1.09. The van der Waals surface area contributed by atoms with Gasteiger partial charge in [-0.25, -0.2) is 13.1 Å². The lowest BCUT2D eigenvalue weighted by Gasteiger charge is -2.27. The lowest BCUT2D eigenvalue weighted by molar-refractivity contribution is 0.0325. The highest BCUT2D eigenvalue weighted by Gasteiger charge is 2.22. The molecule has 0 amide bonds. The topological polar surface area (TPSA) is 64.6 Å². The Morgan fingerprint density at radius 3 is 2.54 bits per heavy atom. The van der Waals surface area contributed by atoms with Crippen molar-refractivity contribution in [1.29, 1.82) is 0 Å².